The number of unbranched alkanes of at least 4 members (excludes halogenated alkanes) is 1. The fraction of sp³-hybridized carbons (Fsp3) is 0.486. The molecule has 1 fully saturated rings. The summed E-state index contributed by atoms with van der Waals surface area (Å²) in [6.07, 6.45) is -1.85. The van der Waals surface area contributed by atoms with Gasteiger partial charge < -0.3 is 15.0 Å². The first-order valence-electron chi connectivity index (χ1n) is 16.4. The number of alkyl halides is 6. The number of para-hydroxylation sites is 1. The minimum Gasteiger partial charge on any atom is -0.376 e. The summed E-state index contributed by atoms with van der Waals surface area (Å²) in [4.78, 5) is 15.7. The number of nitrogens with one attached hydrogen (secondary N) is 1. The van der Waals surface area contributed by atoms with E-state index in [4.69, 9.17) is 4.74 Å². The van der Waals surface area contributed by atoms with Gasteiger partial charge in [0.1, 0.15) is 0 Å². The molecule has 3 aromatic carbocycles. The maximum atomic E-state index is 13.4. The summed E-state index contributed by atoms with van der Waals surface area (Å²) in [5.41, 5.74) is -0.715. The highest BCUT2D eigenvalue weighted by Gasteiger charge is 2.45. The van der Waals surface area contributed by atoms with Crippen LogP contribution in [-0.2, 0) is 39.3 Å². The third-order valence-corrected chi connectivity index (χ3v) is 10.6. The van der Waals surface area contributed by atoms with Crippen LogP contribution in [0.25, 0.3) is 0 Å². The summed E-state index contributed by atoms with van der Waals surface area (Å²) in [5, 5.41) is 3.11. The second-order valence-electron chi connectivity index (χ2n) is 13.0. The standard InChI is InChI=1S/C37H42F6N2O2S.ClH/c1-48-21-9-15-35(31-12-5-6-13-32(31)44-33(35)46)14-7-8-18-45-19-16-34(17-20-45,28-10-3-2-4-11-28)26-47-25-27-22-29(36(38,39)40)24-30(23-27)37(41,42)43;/h2-6,10-13,22-24H,7-9,14-21,25-26H2,1H3,(H,44,46);1H. The molecule has 12 heteroatoms. The Hall–Kier alpha value is -2.73. The van der Waals surface area contributed by atoms with Gasteiger partial charge in [0.15, 0.2) is 0 Å². The fourth-order valence-corrected chi connectivity index (χ4v) is 7.69. The predicted octanol–water partition coefficient (Wildman–Crippen LogP) is 9.90. The number of hydrogen-bond donors (Lipinski definition) is 1. The van der Waals surface area contributed by atoms with Crippen molar-refractivity contribution >= 4 is 35.8 Å². The largest absolute Gasteiger partial charge is 0.416 e. The van der Waals surface area contributed by atoms with Crippen LogP contribution < -0.4 is 5.32 Å². The first kappa shape index (κ1) is 39.1. The minimum absolute atomic E-state index is 0. The Balaban J connectivity index is 0.00000541. The predicted molar refractivity (Wildman–Crippen MR) is 185 cm³/mol. The highest BCUT2D eigenvalue weighted by atomic mass is 35.5. The van der Waals surface area contributed by atoms with Crippen molar-refractivity contribution in [3.63, 3.8) is 0 Å². The Bertz CT molecular complexity index is 1500. The van der Waals surface area contributed by atoms with Crippen molar-refractivity contribution in [3.8, 4) is 0 Å². The van der Waals surface area contributed by atoms with Crippen molar-refractivity contribution in [1.82, 2.24) is 4.90 Å². The summed E-state index contributed by atoms with van der Waals surface area (Å²) in [7, 11) is 0. The molecule has 0 saturated carbocycles. The van der Waals surface area contributed by atoms with Crippen molar-refractivity contribution in [1.29, 1.82) is 0 Å². The molecule has 0 spiro atoms. The molecule has 5 rings (SSSR count). The Kier molecular flexibility index (Phi) is 13.2. The van der Waals surface area contributed by atoms with E-state index in [1.807, 2.05) is 48.5 Å². The van der Waals surface area contributed by atoms with E-state index in [2.05, 4.69) is 22.5 Å². The maximum absolute atomic E-state index is 13.4. The monoisotopic (exact) mass is 728 g/mol. The number of anilines is 1. The molecule has 1 unspecified atom stereocenters. The molecule has 4 nitrogen and oxygen atoms in total. The zero-order valence-electron chi connectivity index (χ0n) is 27.5. The number of thioether (sulfide) groups is 1. The van der Waals surface area contributed by atoms with Crippen LogP contribution in [0.2, 0.25) is 0 Å². The van der Waals surface area contributed by atoms with Crippen molar-refractivity contribution in [2.45, 2.75) is 74.7 Å². The van der Waals surface area contributed by atoms with Crippen LogP contribution in [-0.4, -0.2) is 49.1 Å². The molecule has 1 atom stereocenters. The van der Waals surface area contributed by atoms with Crippen LogP contribution in [0.15, 0.2) is 72.8 Å². The quantitative estimate of drug-likeness (QED) is 0.133. The second kappa shape index (κ2) is 16.5. The Morgan fingerprint density at radius 2 is 1.45 bits per heavy atom. The molecule has 49 heavy (non-hydrogen) atoms. The normalized spacial score (nSPS) is 19.3. The SMILES string of the molecule is CSCCCC1(CCCCN2CCC(COCc3cc(C(F)(F)F)cc(C(F)(F)F)c3)(c3ccccc3)CC2)C(=O)Nc2ccccc21.Cl. The smallest absolute Gasteiger partial charge is 0.376 e. The molecule has 0 radical (unpaired) electrons. The van der Waals surface area contributed by atoms with Gasteiger partial charge in [-0.3, -0.25) is 4.79 Å². The number of carbonyl (C=O) groups is 1. The molecular formula is C37H43ClF6N2O2S. The third-order valence-electron chi connectivity index (χ3n) is 9.90. The summed E-state index contributed by atoms with van der Waals surface area (Å²) in [5.74, 6) is 1.10. The molecule has 0 aromatic heterocycles. The van der Waals surface area contributed by atoms with Gasteiger partial charge in [-0.05, 0) is 111 Å². The van der Waals surface area contributed by atoms with Crippen LogP contribution in [0.5, 0.6) is 0 Å². The van der Waals surface area contributed by atoms with Crippen LogP contribution in [0, 0.1) is 0 Å². The van der Waals surface area contributed by atoms with Gasteiger partial charge in [-0.15, -0.1) is 12.4 Å². The molecule has 268 valence electrons. The number of amides is 1. The number of carbonyl (C=O) groups excluding carboxylic acids is 1. The number of likely N-dealkylation sites (tertiary alicyclic amines) is 1. The van der Waals surface area contributed by atoms with Gasteiger partial charge in [0.2, 0.25) is 5.91 Å². The average molecular weight is 729 g/mol. The summed E-state index contributed by atoms with van der Waals surface area (Å²) in [6.45, 7) is 2.25. The fourth-order valence-electron chi connectivity index (χ4n) is 7.26. The molecule has 3 aromatic rings. The Morgan fingerprint density at radius 1 is 0.837 bits per heavy atom. The van der Waals surface area contributed by atoms with Gasteiger partial charge in [-0.25, -0.2) is 0 Å². The lowest BCUT2D eigenvalue weighted by Gasteiger charge is -2.42. The van der Waals surface area contributed by atoms with Crippen LogP contribution in [0.3, 0.4) is 0 Å². The molecule has 2 aliphatic heterocycles. The molecule has 0 bridgehead atoms. The average Bonchev–Trinajstić information content (AvgIpc) is 3.34. The van der Waals surface area contributed by atoms with Crippen LogP contribution in [0.4, 0.5) is 32.0 Å². The van der Waals surface area contributed by atoms with E-state index in [1.165, 1.54) is 0 Å². The highest BCUT2D eigenvalue weighted by Crippen LogP contribution is 2.45. The number of benzene rings is 3. The van der Waals surface area contributed by atoms with Gasteiger partial charge >= 0.3 is 12.4 Å². The zero-order chi connectivity index (χ0) is 34.4. The number of fused-ring (bicyclic) bond motifs is 1. The molecule has 1 amide bonds. The molecule has 1 N–H and O–H groups in total. The minimum atomic E-state index is -4.91. The molecule has 2 heterocycles. The van der Waals surface area contributed by atoms with Gasteiger partial charge in [0.05, 0.1) is 29.8 Å². The lowest BCUT2D eigenvalue weighted by Crippen LogP contribution is -2.45. The summed E-state index contributed by atoms with van der Waals surface area (Å²) >= 11 is 1.79. The summed E-state index contributed by atoms with van der Waals surface area (Å²) in [6, 6.07) is 19.4. The maximum Gasteiger partial charge on any atom is 0.416 e. The highest BCUT2D eigenvalue weighted by molar-refractivity contribution is 7.98. The molecule has 1 saturated heterocycles. The van der Waals surface area contributed by atoms with Crippen molar-refractivity contribution in [3.05, 3.63) is 101 Å². The third kappa shape index (κ3) is 9.34. The topological polar surface area (TPSA) is 41.6 Å². The number of ether oxygens (including phenoxy) is 1. The zero-order valence-corrected chi connectivity index (χ0v) is 29.1. The van der Waals surface area contributed by atoms with E-state index in [1.54, 1.807) is 11.8 Å². The van der Waals surface area contributed by atoms with Crippen molar-refractivity contribution in [2.75, 3.05) is 43.6 Å². The van der Waals surface area contributed by atoms with E-state index < -0.39 is 34.3 Å². The van der Waals surface area contributed by atoms with Gasteiger partial charge in [0, 0.05) is 11.1 Å². The first-order valence-corrected chi connectivity index (χ1v) is 17.8. The van der Waals surface area contributed by atoms with Gasteiger partial charge in [-0.2, -0.15) is 38.1 Å². The number of rotatable bonds is 14. The van der Waals surface area contributed by atoms with Crippen molar-refractivity contribution < 1.29 is 35.9 Å². The lowest BCUT2D eigenvalue weighted by molar-refractivity contribution is -0.143. The van der Waals surface area contributed by atoms with E-state index in [0.717, 1.165) is 99.3 Å². The number of hydrogen-bond acceptors (Lipinski definition) is 4. The Labute approximate surface area is 294 Å². The summed E-state index contributed by atoms with van der Waals surface area (Å²) < 4.78 is 86.2. The van der Waals surface area contributed by atoms with Crippen LogP contribution >= 0.6 is 24.2 Å². The van der Waals surface area contributed by atoms with Crippen LogP contribution in [0.1, 0.15) is 72.8 Å². The van der Waals surface area contributed by atoms with E-state index in [9.17, 15) is 31.1 Å². The van der Waals surface area contributed by atoms with Gasteiger partial charge in [0.25, 0.3) is 0 Å². The first-order chi connectivity index (χ1) is 22.9. The van der Waals surface area contributed by atoms with Gasteiger partial charge in [-0.1, -0.05) is 55.0 Å². The van der Waals surface area contributed by atoms with E-state index in [0.29, 0.717) is 0 Å². The second-order valence-corrected chi connectivity index (χ2v) is 14.0. The Morgan fingerprint density at radius 3 is 2.08 bits per heavy atom. The number of halogens is 7. The molecule has 0 aliphatic carbocycles. The van der Waals surface area contributed by atoms with Crippen molar-refractivity contribution in [2.24, 2.45) is 0 Å². The lowest BCUT2D eigenvalue weighted by atomic mass is 9.73. The van der Waals surface area contributed by atoms with E-state index >= 15 is 0 Å². The number of nitrogens with zero attached hydrogens (tertiary/aromatic N) is 1. The van der Waals surface area contributed by atoms with E-state index in [-0.39, 0.29) is 43.2 Å². The molecular weight excluding hydrogens is 686 g/mol. The molecule has 2 aliphatic rings. The number of piperidine rings is 1.